The molecule has 0 aromatic rings. The monoisotopic (exact) mass is 188 g/mol. The van der Waals surface area contributed by atoms with Crippen LogP contribution in [0.15, 0.2) is 34.4 Å². The molecule has 2 aliphatic rings. The molecular formula is C13H16O. The number of carbonyl (C=O) groups excluding carboxylic acids is 1. The summed E-state index contributed by atoms with van der Waals surface area (Å²) in [6.45, 7) is 3.82. The van der Waals surface area contributed by atoms with Crippen molar-refractivity contribution in [1.82, 2.24) is 0 Å². The number of Topliss-reactive ketones (excluding diaryl/α,β-unsaturated/α-hetero) is 1. The van der Waals surface area contributed by atoms with Gasteiger partial charge in [0.2, 0.25) is 0 Å². The van der Waals surface area contributed by atoms with Gasteiger partial charge in [0.25, 0.3) is 0 Å². The maximum atomic E-state index is 11.5. The van der Waals surface area contributed by atoms with Crippen molar-refractivity contribution < 1.29 is 4.79 Å². The minimum atomic E-state index is 0.201. The van der Waals surface area contributed by atoms with E-state index >= 15 is 0 Å². The molecule has 0 N–H and O–H groups in total. The first-order chi connectivity index (χ1) is 6.68. The lowest BCUT2D eigenvalue weighted by molar-refractivity contribution is -0.112. The molecule has 1 saturated carbocycles. The summed E-state index contributed by atoms with van der Waals surface area (Å²) >= 11 is 0. The summed E-state index contributed by atoms with van der Waals surface area (Å²) in [6, 6.07) is 0. The van der Waals surface area contributed by atoms with E-state index in [0.717, 1.165) is 11.1 Å². The lowest BCUT2D eigenvalue weighted by Gasteiger charge is -2.12. The van der Waals surface area contributed by atoms with Gasteiger partial charge in [0.15, 0.2) is 5.78 Å². The van der Waals surface area contributed by atoms with Crippen LogP contribution in [0.25, 0.3) is 0 Å². The molecule has 2 aliphatic carbocycles. The van der Waals surface area contributed by atoms with Gasteiger partial charge in [-0.05, 0) is 68.4 Å². The Morgan fingerprint density at radius 1 is 1.00 bits per heavy atom. The third kappa shape index (κ3) is 1.59. The molecule has 0 atom stereocenters. The maximum Gasteiger partial charge on any atom is 0.184 e. The number of rotatable bonds is 0. The molecule has 0 unspecified atom stereocenters. The van der Waals surface area contributed by atoms with Crippen LogP contribution in [0.3, 0.4) is 0 Å². The van der Waals surface area contributed by atoms with E-state index in [-0.39, 0.29) is 5.78 Å². The molecule has 1 fully saturated rings. The minimum Gasteiger partial charge on any atom is -0.289 e. The molecule has 0 aromatic heterocycles. The van der Waals surface area contributed by atoms with E-state index in [2.05, 4.69) is 12.2 Å². The van der Waals surface area contributed by atoms with Crippen molar-refractivity contribution in [2.75, 3.05) is 0 Å². The van der Waals surface area contributed by atoms with Gasteiger partial charge in [0, 0.05) is 0 Å². The van der Waals surface area contributed by atoms with E-state index in [1.807, 2.05) is 13.8 Å². The highest BCUT2D eigenvalue weighted by molar-refractivity contribution is 6.09. The molecule has 14 heavy (non-hydrogen) atoms. The van der Waals surface area contributed by atoms with Crippen molar-refractivity contribution in [2.24, 2.45) is 0 Å². The number of hydrogen-bond donors (Lipinski definition) is 0. The summed E-state index contributed by atoms with van der Waals surface area (Å²) in [6.07, 6.45) is 9.17. The van der Waals surface area contributed by atoms with Crippen LogP contribution in [-0.4, -0.2) is 5.78 Å². The summed E-state index contributed by atoms with van der Waals surface area (Å²) in [7, 11) is 0. The number of carbonyl (C=O) groups is 1. The SMILES string of the molecule is CC1=CC(=C2CCCC2)C=C(C)C1=O. The average molecular weight is 188 g/mol. The second-order valence-corrected chi connectivity index (χ2v) is 4.25. The van der Waals surface area contributed by atoms with Crippen LogP contribution in [0, 0.1) is 0 Å². The lowest BCUT2D eigenvalue weighted by atomic mass is 9.92. The highest BCUT2D eigenvalue weighted by Crippen LogP contribution is 2.31. The van der Waals surface area contributed by atoms with Gasteiger partial charge >= 0.3 is 0 Å². The van der Waals surface area contributed by atoms with Crippen LogP contribution in [0.1, 0.15) is 39.5 Å². The smallest absolute Gasteiger partial charge is 0.184 e. The zero-order chi connectivity index (χ0) is 10.1. The summed E-state index contributed by atoms with van der Waals surface area (Å²) < 4.78 is 0. The van der Waals surface area contributed by atoms with Crippen LogP contribution in [0.4, 0.5) is 0 Å². The van der Waals surface area contributed by atoms with E-state index in [4.69, 9.17) is 0 Å². The molecule has 0 saturated heterocycles. The standard InChI is InChI=1S/C13H16O/c1-9-7-12(8-10(2)13(9)14)11-5-3-4-6-11/h7-8H,3-6H2,1-2H3. The summed E-state index contributed by atoms with van der Waals surface area (Å²) in [5, 5.41) is 0. The highest BCUT2D eigenvalue weighted by Gasteiger charge is 2.16. The first-order valence-corrected chi connectivity index (χ1v) is 5.32. The molecule has 0 aliphatic heterocycles. The fraction of sp³-hybridized carbons (Fsp3) is 0.462. The predicted octanol–water partition coefficient (Wildman–Crippen LogP) is 3.33. The first kappa shape index (κ1) is 9.45. The molecule has 0 spiro atoms. The Kier molecular flexibility index (Phi) is 2.40. The van der Waals surface area contributed by atoms with Gasteiger partial charge in [-0.25, -0.2) is 0 Å². The summed E-state index contributed by atoms with van der Waals surface area (Å²) in [5.41, 5.74) is 4.62. The Labute approximate surface area is 85.2 Å². The van der Waals surface area contributed by atoms with Crippen molar-refractivity contribution in [1.29, 1.82) is 0 Å². The number of hydrogen-bond acceptors (Lipinski definition) is 1. The van der Waals surface area contributed by atoms with Crippen molar-refractivity contribution in [3.8, 4) is 0 Å². The lowest BCUT2D eigenvalue weighted by Crippen LogP contribution is -2.06. The summed E-state index contributed by atoms with van der Waals surface area (Å²) in [5.74, 6) is 0.201. The molecule has 1 heteroatoms. The molecule has 0 aromatic carbocycles. The number of ketones is 1. The molecule has 0 heterocycles. The molecule has 0 radical (unpaired) electrons. The molecule has 74 valence electrons. The second-order valence-electron chi connectivity index (χ2n) is 4.25. The van der Waals surface area contributed by atoms with Gasteiger partial charge in [-0.3, -0.25) is 4.79 Å². The van der Waals surface area contributed by atoms with Crippen molar-refractivity contribution in [2.45, 2.75) is 39.5 Å². The van der Waals surface area contributed by atoms with E-state index in [1.165, 1.54) is 36.8 Å². The Balaban J connectivity index is 2.39. The quantitative estimate of drug-likeness (QED) is 0.570. The summed E-state index contributed by atoms with van der Waals surface area (Å²) in [4.78, 5) is 11.5. The van der Waals surface area contributed by atoms with Gasteiger partial charge in [0.05, 0.1) is 0 Å². The normalized spacial score (nSPS) is 22.6. The molecule has 0 amide bonds. The molecule has 2 rings (SSSR count). The van der Waals surface area contributed by atoms with Crippen molar-refractivity contribution in [3.63, 3.8) is 0 Å². The fourth-order valence-corrected chi connectivity index (χ4v) is 2.24. The van der Waals surface area contributed by atoms with E-state index in [0.29, 0.717) is 0 Å². The Morgan fingerprint density at radius 2 is 1.50 bits per heavy atom. The zero-order valence-electron chi connectivity index (χ0n) is 8.89. The molecule has 0 bridgehead atoms. The third-order valence-electron chi connectivity index (χ3n) is 3.08. The fourth-order valence-electron chi connectivity index (χ4n) is 2.24. The zero-order valence-corrected chi connectivity index (χ0v) is 8.89. The van der Waals surface area contributed by atoms with Crippen LogP contribution >= 0.6 is 0 Å². The van der Waals surface area contributed by atoms with Gasteiger partial charge < -0.3 is 0 Å². The van der Waals surface area contributed by atoms with Crippen LogP contribution < -0.4 is 0 Å². The van der Waals surface area contributed by atoms with Crippen LogP contribution in [0.5, 0.6) is 0 Å². The third-order valence-corrected chi connectivity index (χ3v) is 3.08. The van der Waals surface area contributed by atoms with Gasteiger partial charge in [-0.1, -0.05) is 5.57 Å². The van der Waals surface area contributed by atoms with Crippen LogP contribution in [-0.2, 0) is 4.79 Å². The van der Waals surface area contributed by atoms with Crippen molar-refractivity contribution in [3.05, 3.63) is 34.4 Å². The van der Waals surface area contributed by atoms with E-state index in [9.17, 15) is 4.79 Å². The topological polar surface area (TPSA) is 17.1 Å². The maximum absolute atomic E-state index is 11.5. The predicted molar refractivity (Wildman–Crippen MR) is 58.0 cm³/mol. The first-order valence-electron chi connectivity index (χ1n) is 5.32. The Bertz CT molecular complexity index is 335. The molecular weight excluding hydrogens is 172 g/mol. The van der Waals surface area contributed by atoms with Gasteiger partial charge in [0.1, 0.15) is 0 Å². The average Bonchev–Trinajstić information content (AvgIpc) is 2.66. The van der Waals surface area contributed by atoms with E-state index in [1.54, 1.807) is 0 Å². The Hall–Kier alpha value is -1.11. The van der Waals surface area contributed by atoms with E-state index < -0.39 is 0 Å². The van der Waals surface area contributed by atoms with Gasteiger partial charge in [-0.15, -0.1) is 0 Å². The minimum absolute atomic E-state index is 0.201. The molecule has 1 nitrogen and oxygen atoms in total. The highest BCUT2D eigenvalue weighted by atomic mass is 16.1. The van der Waals surface area contributed by atoms with Crippen LogP contribution in [0.2, 0.25) is 0 Å². The second kappa shape index (κ2) is 3.56. The number of allylic oxidation sites excluding steroid dienone is 6. The van der Waals surface area contributed by atoms with Crippen molar-refractivity contribution >= 4 is 5.78 Å². The Morgan fingerprint density at radius 3 is 2.00 bits per heavy atom. The van der Waals surface area contributed by atoms with Gasteiger partial charge in [-0.2, -0.15) is 0 Å². The largest absolute Gasteiger partial charge is 0.289 e.